The Balaban J connectivity index is 0.000000360. The minimum absolute atomic E-state index is 0. The molecule has 0 saturated heterocycles. The van der Waals surface area contributed by atoms with Crippen molar-refractivity contribution < 1.29 is 16.8 Å². The monoisotopic (exact) mass is 143 g/mol. The average Bonchev–Trinajstić information content (AvgIpc) is 1.72. The molecule has 1 heteroatoms. The van der Waals surface area contributed by atoms with Gasteiger partial charge in [0.1, 0.15) is 0 Å². The zero-order valence-corrected chi connectivity index (χ0v) is 5.62. The van der Waals surface area contributed by atoms with Gasteiger partial charge in [-0.3, -0.25) is 0 Å². The van der Waals surface area contributed by atoms with E-state index in [4.69, 9.17) is 0 Å². The fourth-order valence-electron chi connectivity index (χ4n) is 1.06. The molecule has 0 nitrogen and oxygen atoms in total. The maximum absolute atomic E-state index is 1.50. The molecule has 1 saturated carbocycles. The summed E-state index contributed by atoms with van der Waals surface area (Å²) >= 11 is 0. The van der Waals surface area contributed by atoms with Crippen molar-refractivity contribution in [2.75, 3.05) is 0 Å². The maximum Gasteiger partial charge on any atom is 0 e. The molecule has 0 heterocycles. The Bertz CT molecular complexity index is 19.7. The molecule has 0 bridgehead atoms. The summed E-state index contributed by atoms with van der Waals surface area (Å²) in [6, 6.07) is 0. The Morgan fingerprint density at radius 1 is 0.429 bits per heavy atom. The second kappa shape index (κ2) is 4.66. The molecule has 0 aromatic carbocycles. The zero-order chi connectivity index (χ0) is 4.24. The van der Waals surface area contributed by atoms with Crippen molar-refractivity contribution in [3.63, 3.8) is 0 Å². The quantitative estimate of drug-likeness (QED) is 0.488. The van der Waals surface area contributed by atoms with Crippen LogP contribution in [0, 0.1) is 0 Å². The van der Waals surface area contributed by atoms with E-state index in [2.05, 4.69) is 0 Å². The van der Waals surface area contributed by atoms with Crippen molar-refractivity contribution in [1.82, 2.24) is 0 Å². The molecule has 0 aromatic heterocycles. The standard InChI is InChI=1S/C6H12.Co/c1-2-4-6-5-3-1;/h1-6H2;. The summed E-state index contributed by atoms with van der Waals surface area (Å²) < 4.78 is 0. The molecule has 1 rings (SSSR count). The van der Waals surface area contributed by atoms with Crippen LogP contribution in [0.3, 0.4) is 0 Å². The van der Waals surface area contributed by atoms with Gasteiger partial charge in [-0.05, 0) is 0 Å². The first-order valence-corrected chi connectivity index (χ1v) is 3.00. The first-order chi connectivity index (χ1) is 3.00. The molecule has 0 aromatic rings. The van der Waals surface area contributed by atoms with Gasteiger partial charge in [0.25, 0.3) is 0 Å². The summed E-state index contributed by atoms with van der Waals surface area (Å²) in [5.74, 6) is 0. The van der Waals surface area contributed by atoms with Gasteiger partial charge in [0.2, 0.25) is 0 Å². The fourth-order valence-corrected chi connectivity index (χ4v) is 1.06. The molecular formula is C6H12Co. The molecule has 1 radical (unpaired) electrons. The smallest absolute Gasteiger partial charge is 0 e. The van der Waals surface area contributed by atoms with Crippen LogP contribution in [0.1, 0.15) is 38.5 Å². The van der Waals surface area contributed by atoms with Crippen LogP contribution in [0.15, 0.2) is 0 Å². The Morgan fingerprint density at radius 3 is 0.714 bits per heavy atom. The Hall–Kier alpha value is 0.506. The molecule has 0 N–H and O–H groups in total. The van der Waals surface area contributed by atoms with E-state index in [1.54, 1.807) is 0 Å². The minimum atomic E-state index is 0. The predicted octanol–water partition coefficient (Wildman–Crippen LogP) is 2.34. The number of hydrogen-bond donors (Lipinski definition) is 0. The van der Waals surface area contributed by atoms with Gasteiger partial charge in [0.05, 0.1) is 0 Å². The summed E-state index contributed by atoms with van der Waals surface area (Å²) in [5, 5.41) is 0. The molecular weight excluding hydrogens is 131 g/mol. The third-order valence-electron chi connectivity index (χ3n) is 1.50. The van der Waals surface area contributed by atoms with E-state index in [0.717, 1.165) is 0 Å². The Labute approximate surface area is 55.9 Å². The first kappa shape index (κ1) is 7.51. The van der Waals surface area contributed by atoms with Gasteiger partial charge in [0.15, 0.2) is 0 Å². The summed E-state index contributed by atoms with van der Waals surface area (Å²) in [6.07, 6.45) is 9.00. The SMILES string of the molecule is C1CCCCC1.[Co]. The average molecular weight is 143 g/mol. The van der Waals surface area contributed by atoms with E-state index in [1.165, 1.54) is 38.5 Å². The van der Waals surface area contributed by atoms with Crippen LogP contribution in [0.2, 0.25) is 0 Å². The minimum Gasteiger partial charge on any atom is -0.0533 e. The molecule has 0 spiro atoms. The molecule has 0 unspecified atom stereocenters. The summed E-state index contributed by atoms with van der Waals surface area (Å²) in [7, 11) is 0. The van der Waals surface area contributed by atoms with Crippen LogP contribution in [0.5, 0.6) is 0 Å². The summed E-state index contributed by atoms with van der Waals surface area (Å²) in [4.78, 5) is 0. The van der Waals surface area contributed by atoms with Gasteiger partial charge in [-0.2, -0.15) is 0 Å². The molecule has 45 valence electrons. The Kier molecular flexibility index (Phi) is 5.00. The van der Waals surface area contributed by atoms with Crippen molar-refractivity contribution in [1.29, 1.82) is 0 Å². The molecule has 0 amide bonds. The fraction of sp³-hybridized carbons (Fsp3) is 1.00. The van der Waals surface area contributed by atoms with Crippen molar-refractivity contribution in [3.8, 4) is 0 Å². The van der Waals surface area contributed by atoms with Crippen molar-refractivity contribution >= 4 is 0 Å². The topological polar surface area (TPSA) is 0 Å². The van der Waals surface area contributed by atoms with Gasteiger partial charge in [-0.25, -0.2) is 0 Å². The van der Waals surface area contributed by atoms with Gasteiger partial charge in [-0.15, -0.1) is 0 Å². The Morgan fingerprint density at radius 2 is 0.571 bits per heavy atom. The van der Waals surface area contributed by atoms with Crippen LogP contribution < -0.4 is 0 Å². The molecule has 1 aliphatic carbocycles. The van der Waals surface area contributed by atoms with E-state index >= 15 is 0 Å². The van der Waals surface area contributed by atoms with E-state index in [1.807, 2.05) is 0 Å². The molecule has 0 aliphatic heterocycles. The third-order valence-corrected chi connectivity index (χ3v) is 1.50. The molecule has 1 fully saturated rings. The zero-order valence-electron chi connectivity index (χ0n) is 4.58. The van der Waals surface area contributed by atoms with Gasteiger partial charge in [0, 0.05) is 16.8 Å². The van der Waals surface area contributed by atoms with Crippen LogP contribution >= 0.6 is 0 Å². The largest absolute Gasteiger partial charge is 0.0533 e. The van der Waals surface area contributed by atoms with E-state index in [0.29, 0.717) is 0 Å². The van der Waals surface area contributed by atoms with Crippen molar-refractivity contribution in [2.45, 2.75) is 38.5 Å². The number of hydrogen-bond acceptors (Lipinski definition) is 0. The predicted molar refractivity (Wildman–Crippen MR) is 27.7 cm³/mol. The second-order valence-corrected chi connectivity index (χ2v) is 2.12. The van der Waals surface area contributed by atoms with Crippen LogP contribution in [-0.4, -0.2) is 0 Å². The summed E-state index contributed by atoms with van der Waals surface area (Å²) in [5.41, 5.74) is 0. The van der Waals surface area contributed by atoms with Gasteiger partial charge < -0.3 is 0 Å². The first-order valence-electron chi connectivity index (χ1n) is 3.00. The van der Waals surface area contributed by atoms with Gasteiger partial charge >= 0.3 is 0 Å². The van der Waals surface area contributed by atoms with E-state index < -0.39 is 0 Å². The second-order valence-electron chi connectivity index (χ2n) is 2.12. The van der Waals surface area contributed by atoms with Crippen LogP contribution in [0.25, 0.3) is 0 Å². The van der Waals surface area contributed by atoms with Crippen LogP contribution in [0.4, 0.5) is 0 Å². The van der Waals surface area contributed by atoms with Crippen LogP contribution in [-0.2, 0) is 16.8 Å². The molecule has 0 atom stereocenters. The third kappa shape index (κ3) is 3.12. The summed E-state index contributed by atoms with van der Waals surface area (Å²) in [6.45, 7) is 0. The molecule has 7 heavy (non-hydrogen) atoms. The van der Waals surface area contributed by atoms with Gasteiger partial charge in [-0.1, -0.05) is 38.5 Å². The number of rotatable bonds is 0. The van der Waals surface area contributed by atoms with Crippen molar-refractivity contribution in [2.24, 2.45) is 0 Å². The van der Waals surface area contributed by atoms with Crippen molar-refractivity contribution in [3.05, 3.63) is 0 Å². The molecule has 1 aliphatic rings. The van der Waals surface area contributed by atoms with E-state index in [9.17, 15) is 0 Å². The maximum atomic E-state index is 1.50. The van der Waals surface area contributed by atoms with E-state index in [-0.39, 0.29) is 16.8 Å². The normalized spacial score (nSPS) is 20.6.